The first-order valence-electron chi connectivity index (χ1n) is 5.42. The van der Waals surface area contributed by atoms with Crippen molar-refractivity contribution in [1.29, 1.82) is 0 Å². The van der Waals surface area contributed by atoms with Crippen LogP contribution in [0.2, 0.25) is 5.02 Å². The summed E-state index contributed by atoms with van der Waals surface area (Å²) in [6, 6.07) is 7.67. The Morgan fingerprint density at radius 3 is 2.82 bits per heavy atom. The van der Waals surface area contributed by atoms with Gasteiger partial charge in [-0.3, -0.25) is 0 Å². The molecule has 2 N–H and O–H groups in total. The molecule has 0 amide bonds. The zero-order valence-electron chi connectivity index (χ0n) is 9.41. The van der Waals surface area contributed by atoms with Crippen LogP contribution in [0.4, 0.5) is 4.39 Å². The van der Waals surface area contributed by atoms with E-state index >= 15 is 0 Å². The van der Waals surface area contributed by atoms with Gasteiger partial charge in [-0.05, 0) is 36.8 Å². The number of hydrogen-bond acceptors (Lipinski definition) is 2. The second kappa shape index (κ2) is 4.90. The molecule has 2 aromatic rings. The minimum atomic E-state index is -0.361. The lowest BCUT2D eigenvalue weighted by atomic mass is 10.1. The highest BCUT2D eigenvalue weighted by atomic mass is 35.5. The molecule has 0 aliphatic carbocycles. The minimum absolute atomic E-state index is 0.161. The summed E-state index contributed by atoms with van der Waals surface area (Å²) in [6.07, 6.45) is 0.769. The van der Waals surface area contributed by atoms with Crippen LogP contribution in [0, 0.1) is 5.82 Å². The highest BCUT2D eigenvalue weighted by molar-refractivity contribution is 6.30. The Bertz CT molecular complexity index is 524. The Balaban J connectivity index is 2.40. The molecule has 0 radical (unpaired) electrons. The van der Waals surface area contributed by atoms with Gasteiger partial charge in [0.05, 0.1) is 11.6 Å². The fraction of sp³-hybridized carbons (Fsp3) is 0.231. The minimum Gasteiger partial charge on any atom is -0.459 e. The van der Waals surface area contributed by atoms with Gasteiger partial charge in [0.1, 0.15) is 17.3 Å². The molecule has 1 aromatic heterocycles. The standard InChI is InChI=1S/C13H13ClFNO/c1-2-11(16)13-6-5-12(17-13)9-7-8(14)3-4-10(9)15/h3-7,11H,2,16H2,1H3. The summed E-state index contributed by atoms with van der Waals surface area (Å²) in [7, 11) is 0. The van der Waals surface area contributed by atoms with E-state index in [9.17, 15) is 4.39 Å². The normalized spacial score (nSPS) is 12.7. The monoisotopic (exact) mass is 253 g/mol. The highest BCUT2D eigenvalue weighted by Gasteiger charge is 2.13. The first kappa shape index (κ1) is 12.1. The summed E-state index contributed by atoms with van der Waals surface area (Å²) in [5, 5.41) is 0.471. The third-order valence-electron chi connectivity index (χ3n) is 2.63. The van der Waals surface area contributed by atoms with Crippen LogP contribution in [0.5, 0.6) is 0 Å². The molecule has 2 rings (SSSR count). The van der Waals surface area contributed by atoms with Gasteiger partial charge in [-0.15, -0.1) is 0 Å². The number of hydrogen-bond donors (Lipinski definition) is 1. The number of nitrogens with two attached hydrogens (primary N) is 1. The number of rotatable bonds is 3. The fourth-order valence-corrected chi connectivity index (χ4v) is 1.76. The van der Waals surface area contributed by atoms with Crippen LogP contribution < -0.4 is 5.73 Å². The maximum atomic E-state index is 13.6. The molecule has 1 heterocycles. The van der Waals surface area contributed by atoms with Crippen LogP contribution in [0.25, 0.3) is 11.3 Å². The van der Waals surface area contributed by atoms with Crippen molar-refractivity contribution >= 4 is 11.6 Å². The van der Waals surface area contributed by atoms with Gasteiger partial charge in [-0.1, -0.05) is 18.5 Å². The van der Waals surface area contributed by atoms with Crippen molar-refractivity contribution in [3.63, 3.8) is 0 Å². The average molecular weight is 254 g/mol. The molecule has 1 atom stereocenters. The molecule has 0 bridgehead atoms. The maximum absolute atomic E-state index is 13.6. The summed E-state index contributed by atoms with van der Waals surface area (Å²) in [6.45, 7) is 1.97. The van der Waals surface area contributed by atoms with E-state index in [0.717, 1.165) is 6.42 Å². The summed E-state index contributed by atoms with van der Waals surface area (Å²) in [4.78, 5) is 0. The molecular weight excluding hydrogens is 241 g/mol. The molecule has 90 valence electrons. The summed E-state index contributed by atoms with van der Waals surface area (Å²) in [5.74, 6) is 0.742. The first-order chi connectivity index (χ1) is 8.11. The Hall–Kier alpha value is -1.32. The van der Waals surface area contributed by atoms with E-state index in [1.165, 1.54) is 18.2 Å². The van der Waals surface area contributed by atoms with Gasteiger partial charge >= 0.3 is 0 Å². The van der Waals surface area contributed by atoms with E-state index < -0.39 is 0 Å². The molecule has 0 saturated carbocycles. The van der Waals surface area contributed by atoms with E-state index in [-0.39, 0.29) is 11.9 Å². The molecule has 0 aliphatic heterocycles. The molecule has 17 heavy (non-hydrogen) atoms. The second-order valence-corrected chi connectivity index (χ2v) is 4.28. The van der Waals surface area contributed by atoms with E-state index in [1.54, 1.807) is 12.1 Å². The van der Waals surface area contributed by atoms with Gasteiger partial charge in [0.2, 0.25) is 0 Å². The van der Waals surface area contributed by atoms with E-state index in [4.69, 9.17) is 21.8 Å². The van der Waals surface area contributed by atoms with Crippen LogP contribution in [-0.2, 0) is 0 Å². The third kappa shape index (κ3) is 2.51. The van der Waals surface area contributed by atoms with Gasteiger partial charge in [-0.25, -0.2) is 4.39 Å². The first-order valence-corrected chi connectivity index (χ1v) is 5.80. The van der Waals surface area contributed by atoms with Crippen molar-refractivity contribution in [2.75, 3.05) is 0 Å². The van der Waals surface area contributed by atoms with E-state index in [1.807, 2.05) is 6.92 Å². The molecule has 4 heteroatoms. The van der Waals surface area contributed by atoms with Crippen LogP contribution in [-0.4, -0.2) is 0 Å². The lowest BCUT2D eigenvalue weighted by Crippen LogP contribution is -2.06. The van der Waals surface area contributed by atoms with E-state index in [0.29, 0.717) is 22.1 Å². The SMILES string of the molecule is CCC(N)c1ccc(-c2cc(Cl)ccc2F)o1. The van der Waals surface area contributed by atoms with Crippen LogP contribution in [0.1, 0.15) is 25.1 Å². The predicted octanol–water partition coefficient (Wildman–Crippen LogP) is 4.15. The Morgan fingerprint density at radius 1 is 1.35 bits per heavy atom. The summed E-state index contributed by atoms with van der Waals surface area (Å²) in [5.41, 5.74) is 6.19. The van der Waals surface area contributed by atoms with Crippen molar-refractivity contribution in [3.05, 3.63) is 46.9 Å². The van der Waals surface area contributed by atoms with Crippen LogP contribution in [0.15, 0.2) is 34.7 Å². The Kier molecular flexibility index (Phi) is 3.50. The topological polar surface area (TPSA) is 39.2 Å². The Morgan fingerprint density at radius 2 is 2.12 bits per heavy atom. The maximum Gasteiger partial charge on any atom is 0.137 e. The second-order valence-electron chi connectivity index (χ2n) is 3.84. The quantitative estimate of drug-likeness (QED) is 0.893. The van der Waals surface area contributed by atoms with Gasteiger partial charge in [-0.2, -0.15) is 0 Å². The Labute approximate surface area is 104 Å². The van der Waals surface area contributed by atoms with Gasteiger partial charge in [0, 0.05) is 5.02 Å². The van der Waals surface area contributed by atoms with E-state index in [2.05, 4.69) is 0 Å². The third-order valence-corrected chi connectivity index (χ3v) is 2.86. The number of benzene rings is 1. The fourth-order valence-electron chi connectivity index (χ4n) is 1.58. The number of halogens is 2. The van der Waals surface area contributed by atoms with Crippen molar-refractivity contribution in [2.45, 2.75) is 19.4 Å². The van der Waals surface area contributed by atoms with Crippen molar-refractivity contribution in [2.24, 2.45) is 5.73 Å². The van der Waals surface area contributed by atoms with Crippen LogP contribution in [0.3, 0.4) is 0 Å². The van der Waals surface area contributed by atoms with Gasteiger partial charge < -0.3 is 10.2 Å². The zero-order chi connectivity index (χ0) is 12.4. The molecule has 2 nitrogen and oxygen atoms in total. The van der Waals surface area contributed by atoms with Crippen molar-refractivity contribution in [1.82, 2.24) is 0 Å². The summed E-state index contributed by atoms with van der Waals surface area (Å²) < 4.78 is 19.1. The lowest BCUT2D eigenvalue weighted by Gasteiger charge is -2.04. The molecular formula is C13H13ClFNO. The molecule has 1 unspecified atom stereocenters. The zero-order valence-corrected chi connectivity index (χ0v) is 10.2. The molecule has 0 aliphatic rings. The highest BCUT2D eigenvalue weighted by Crippen LogP contribution is 2.29. The van der Waals surface area contributed by atoms with Crippen molar-refractivity contribution < 1.29 is 8.81 Å². The summed E-state index contributed by atoms with van der Waals surface area (Å²) >= 11 is 5.83. The van der Waals surface area contributed by atoms with Crippen LogP contribution >= 0.6 is 11.6 Å². The molecule has 1 aromatic carbocycles. The predicted molar refractivity (Wildman–Crippen MR) is 66.3 cm³/mol. The largest absolute Gasteiger partial charge is 0.459 e. The molecule has 0 spiro atoms. The average Bonchev–Trinajstić information content (AvgIpc) is 2.80. The van der Waals surface area contributed by atoms with Gasteiger partial charge in [0.15, 0.2) is 0 Å². The lowest BCUT2D eigenvalue weighted by molar-refractivity contribution is 0.467. The van der Waals surface area contributed by atoms with Gasteiger partial charge in [0.25, 0.3) is 0 Å². The molecule has 0 saturated heterocycles. The number of furan rings is 1. The molecule has 0 fully saturated rings. The smallest absolute Gasteiger partial charge is 0.137 e. The van der Waals surface area contributed by atoms with Crippen molar-refractivity contribution in [3.8, 4) is 11.3 Å².